The summed E-state index contributed by atoms with van der Waals surface area (Å²) in [6, 6.07) is 5.01. The van der Waals surface area contributed by atoms with E-state index in [1.807, 2.05) is 6.92 Å². The lowest BCUT2D eigenvalue weighted by Gasteiger charge is -2.06. The van der Waals surface area contributed by atoms with Crippen molar-refractivity contribution in [2.24, 2.45) is 0 Å². The van der Waals surface area contributed by atoms with Gasteiger partial charge in [-0.2, -0.15) is 0 Å². The molecule has 0 heterocycles. The summed E-state index contributed by atoms with van der Waals surface area (Å²) in [4.78, 5) is 0.629. The molecule has 0 aliphatic carbocycles. The minimum absolute atomic E-state index is 0.464. The van der Waals surface area contributed by atoms with Gasteiger partial charge < -0.3 is 10.5 Å². The molecule has 0 bridgehead atoms. The number of anilines is 1. The number of rotatable bonds is 6. The molecule has 1 rings (SSSR count). The zero-order valence-electron chi connectivity index (χ0n) is 9.24. The average molecular weight is 262 g/mol. The van der Waals surface area contributed by atoms with Gasteiger partial charge in [0, 0.05) is 17.3 Å². The summed E-state index contributed by atoms with van der Waals surface area (Å²) in [7, 11) is -1.12. The Morgan fingerprint density at radius 2 is 2.19 bits per heavy atom. The van der Waals surface area contributed by atoms with Crippen LogP contribution >= 0.6 is 11.6 Å². The molecule has 0 saturated carbocycles. The zero-order chi connectivity index (χ0) is 12.0. The summed E-state index contributed by atoms with van der Waals surface area (Å²) in [5.74, 6) is 0.464. The van der Waals surface area contributed by atoms with E-state index in [0.717, 1.165) is 6.42 Å². The smallest absolute Gasteiger partial charge is 0.0619 e. The first-order chi connectivity index (χ1) is 7.65. The lowest BCUT2D eigenvalue weighted by molar-refractivity contribution is 0.150. The molecule has 0 spiro atoms. The quantitative estimate of drug-likeness (QED) is 0.632. The first-order valence-electron chi connectivity index (χ1n) is 5.16. The van der Waals surface area contributed by atoms with Crippen LogP contribution in [0.5, 0.6) is 0 Å². The van der Waals surface area contributed by atoms with Crippen molar-refractivity contribution in [2.75, 3.05) is 24.7 Å². The molecule has 1 aromatic rings. The van der Waals surface area contributed by atoms with E-state index in [9.17, 15) is 4.21 Å². The third-order valence-corrected chi connectivity index (χ3v) is 3.61. The number of hydrogen-bond acceptors (Lipinski definition) is 3. The molecule has 0 fully saturated rings. The fraction of sp³-hybridized carbons (Fsp3) is 0.455. The fourth-order valence-electron chi connectivity index (χ4n) is 1.22. The zero-order valence-corrected chi connectivity index (χ0v) is 10.8. The standard InChI is InChI=1S/C11H16ClNO2S/c1-2-5-15-6-7-16(14)11-4-3-9(12)8-10(11)13/h3-4,8H,2,5-7,13H2,1H3. The van der Waals surface area contributed by atoms with Crippen molar-refractivity contribution in [2.45, 2.75) is 18.2 Å². The first kappa shape index (κ1) is 13.5. The Kier molecular flexibility index (Phi) is 5.80. The van der Waals surface area contributed by atoms with Gasteiger partial charge in [-0.15, -0.1) is 0 Å². The Hall–Kier alpha value is -0.580. The topological polar surface area (TPSA) is 52.3 Å². The minimum atomic E-state index is -1.12. The molecule has 90 valence electrons. The summed E-state index contributed by atoms with van der Waals surface area (Å²) in [5.41, 5.74) is 6.21. The number of halogens is 1. The van der Waals surface area contributed by atoms with Crippen LogP contribution in [0.3, 0.4) is 0 Å². The van der Waals surface area contributed by atoms with Crippen molar-refractivity contribution in [3.63, 3.8) is 0 Å². The molecule has 1 aromatic carbocycles. The van der Waals surface area contributed by atoms with E-state index in [1.54, 1.807) is 18.2 Å². The first-order valence-corrected chi connectivity index (χ1v) is 6.86. The average Bonchev–Trinajstić information content (AvgIpc) is 2.24. The van der Waals surface area contributed by atoms with Crippen molar-refractivity contribution in [1.29, 1.82) is 0 Å². The summed E-state index contributed by atoms with van der Waals surface area (Å²) in [6.45, 7) is 3.23. The van der Waals surface area contributed by atoms with Crippen molar-refractivity contribution >= 4 is 28.1 Å². The van der Waals surface area contributed by atoms with Gasteiger partial charge in [-0.05, 0) is 24.6 Å². The van der Waals surface area contributed by atoms with Gasteiger partial charge >= 0.3 is 0 Å². The lowest BCUT2D eigenvalue weighted by atomic mass is 10.3. The molecule has 0 amide bonds. The Morgan fingerprint density at radius 1 is 1.44 bits per heavy atom. The Morgan fingerprint density at radius 3 is 2.81 bits per heavy atom. The maximum Gasteiger partial charge on any atom is 0.0619 e. The van der Waals surface area contributed by atoms with Crippen LogP contribution in [-0.4, -0.2) is 23.2 Å². The molecule has 2 N–H and O–H groups in total. The Bertz CT molecular complexity index is 371. The van der Waals surface area contributed by atoms with E-state index < -0.39 is 10.8 Å². The largest absolute Gasteiger partial charge is 0.398 e. The van der Waals surface area contributed by atoms with Gasteiger partial charge in [0.25, 0.3) is 0 Å². The molecule has 1 unspecified atom stereocenters. The van der Waals surface area contributed by atoms with Gasteiger partial charge in [0.15, 0.2) is 0 Å². The molecule has 0 aliphatic heterocycles. The van der Waals surface area contributed by atoms with Crippen molar-refractivity contribution in [1.82, 2.24) is 0 Å². The molecule has 1 atom stereocenters. The predicted octanol–water partition coefficient (Wildman–Crippen LogP) is 2.46. The summed E-state index contributed by atoms with van der Waals surface area (Å²) >= 11 is 5.76. The van der Waals surface area contributed by atoms with Gasteiger partial charge in [0.2, 0.25) is 0 Å². The van der Waals surface area contributed by atoms with Crippen LogP contribution in [0.4, 0.5) is 5.69 Å². The monoisotopic (exact) mass is 261 g/mol. The van der Waals surface area contributed by atoms with Gasteiger partial charge in [0.05, 0.1) is 28.1 Å². The van der Waals surface area contributed by atoms with Crippen LogP contribution in [0.1, 0.15) is 13.3 Å². The summed E-state index contributed by atoms with van der Waals surface area (Å²) in [6.07, 6.45) is 0.968. The van der Waals surface area contributed by atoms with Crippen LogP contribution in [-0.2, 0) is 15.5 Å². The second kappa shape index (κ2) is 6.89. The van der Waals surface area contributed by atoms with Gasteiger partial charge in [-0.1, -0.05) is 18.5 Å². The number of benzene rings is 1. The third kappa shape index (κ3) is 4.12. The number of nitrogens with two attached hydrogens (primary N) is 1. The van der Waals surface area contributed by atoms with Crippen LogP contribution < -0.4 is 5.73 Å². The second-order valence-corrected chi connectivity index (χ2v) is 5.32. The predicted molar refractivity (Wildman–Crippen MR) is 68.2 cm³/mol. The molecular formula is C11H16ClNO2S. The van der Waals surface area contributed by atoms with E-state index in [1.165, 1.54) is 0 Å². The molecule has 3 nitrogen and oxygen atoms in total. The molecule has 16 heavy (non-hydrogen) atoms. The maximum absolute atomic E-state index is 11.8. The Labute approximate surface area is 103 Å². The van der Waals surface area contributed by atoms with Gasteiger partial charge in [0.1, 0.15) is 0 Å². The highest BCUT2D eigenvalue weighted by atomic mass is 35.5. The van der Waals surface area contributed by atoms with Crippen molar-refractivity contribution in [3.05, 3.63) is 23.2 Å². The van der Waals surface area contributed by atoms with Crippen molar-refractivity contribution in [3.8, 4) is 0 Å². The molecule has 0 aromatic heterocycles. The normalized spacial score (nSPS) is 12.6. The summed E-state index contributed by atoms with van der Waals surface area (Å²) < 4.78 is 17.1. The van der Waals surface area contributed by atoms with E-state index in [4.69, 9.17) is 22.1 Å². The fourth-order valence-corrected chi connectivity index (χ4v) is 2.43. The SMILES string of the molecule is CCCOCCS(=O)c1ccc(Cl)cc1N. The van der Waals surface area contributed by atoms with Crippen molar-refractivity contribution < 1.29 is 8.95 Å². The molecule has 0 saturated heterocycles. The highest BCUT2D eigenvalue weighted by Crippen LogP contribution is 2.21. The maximum atomic E-state index is 11.8. The number of nitrogen functional groups attached to an aromatic ring is 1. The second-order valence-electron chi connectivity index (χ2n) is 3.34. The van der Waals surface area contributed by atoms with Crippen LogP contribution in [0.2, 0.25) is 5.02 Å². The van der Waals surface area contributed by atoms with E-state index in [2.05, 4.69) is 0 Å². The molecule has 5 heteroatoms. The van der Waals surface area contributed by atoms with Crippen LogP contribution in [0, 0.1) is 0 Å². The number of hydrogen-bond donors (Lipinski definition) is 1. The minimum Gasteiger partial charge on any atom is -0.398 e. The Balaban J connectivity index is 2.53. The molecular weight excluding hydrogens is 246 g/mol. The summed E-state index contributed by atoms with van der Waals surface area (Å²) in [5, 5.41) is 0.556. The van der Waals surface area contributed by atoms with E-state index in [0.29, 0.717) is 34.6 Å². The third-order valence-electron chi connectivity index (χ3n) is 1.98. The lowest BCUT2D eigenvalue weighted by Crippen LogP contribution is -2.08. The van der Waals surface area contributed by atoms with E-state index >= 15 is 0 Å². The van der Waals surface area contributed by atoms with Crippen LogP contribution in [0.15, 0.2) is 23.1 Å². The highest BCUT2D eigenvalue weighted by Gasteiger charge is 2.08. The van der Waals surface area contributed by atoms with Gasteiger partial charge in [-0.25, -0.2) is 0 Å². The van der Waals surface area contributed by atoms with Gasteiger partial charge in [-0.3, -0.25) is 4.21 Å². The number of ether oxygens (including phenoxy) is 1. The van der Waals surface area contributed by atoms with Crippen LogP contribution in [0.25, 0.3) is 0 Å². The molecule has 0 aliphatic rings. The highest BCUT2D eigenvalue weighted by molar-refractivity contribution is 7.85. The molecule has 0 radical (unpaired) electrons. The van der Waals surface area contributed by atoms with E-state index in [-0.39, 0.29) is 0 Å².